The van der Waals surface area contributed by atoms with E-state index >= 15 is 0 Å². The third kappa shape index (κ3) is 2.96. The molecule has 3 heterocycles. The number of likely N-dealkylation sites (N-methyl/N-ethyl adjacent to an activating group) is 2. The normalized spacial score (nSPS) is 28.7. The molecule has 1 aromatic rings. The van der Waals surface area contributed by atoms with Crippen LogP contribution in [0.5, 0.6) is 0 Å². The smallest absolute Gasteiger partial charge is 0.275 e. The second kappa shape index (κ2) is 6.14. The number of hydrogen-bond donors (Lipinski definition) is 0. The van der Waals surface area contributed by atoms with E-state index in [9.17, 15) is 9.59 Å². The van der Waals surface area contributed by atoms with E-state index in [0.29, 0.717) is 31.9 Å². The molecule has 1 aromatic heterocycles. The van der Waals surface area contributed by atoms with Crippen LogP contribution in [0.25, 0.3) is 0 Å². The van der Waals surface area contributed by atoms with Crippen LogP contribution in [-0.2, 0) is 9.53 Å². The summed E-state index contributed by atoms with van der Waals surface area (Å²) < 4.78 is 9.40. The van der Waals surface area contributed by atoms with Crippen molar-refractivity contribution in [2.75, 3.05) is 54.0 Å². The Kier molecular flexibility index (Phi) is 4.35. The summed E-state index contributed by atoms with van der Waals surface area (Å²) in [5.74, 6) is -0.131. The highest BCUT2D eigenvalue weighted by atomic mass is 32.1. The first kappa shape index (κ1) is 16.3. The van der Waals surface area contributed by atoms with Gasteiger partial charge >= 0.3 is 0 Å². The summed E-state index contributed by atoms with van der Waals surface area (Å²) in [5, 5.41) is 5.54. The summed E-state index contributed by atoms with van der Waals surface area (Å²) in [6.07, 6.45) is 0. The van der Waals surface area contributed by atoms with Crippen molar-refractivity contribution in [1.82, 2.24) is 24.3 Å². The van der Waals surface area contributed by atoms with Crippen LogP contribution >= 0.6 is 11.5 Å². The van der Waals surface area contributed by atoms with Crippen molar-refractivity contribution in [2.45, 2.75) is 6.04 Å². The molecule has 126 valence electrons. The molecule has 0 aromatic carbocycles. The van der Waals surface area contributed by atoms with Crippen molar-refractivity contribution in [1.29, 1.82) is 0 Å². The molecule has 1 spiro atoms. The molecule has 0 unspecified atom stereocenters. The molecule has 2 aliphatic heterocycles. The van der Waals surface area contributed by atoms with E-state index in [4.69, 9.17) is 4.74 Å². The lowest BCUT2D eigenvalue weighted by molar-refractivity contribution is -0.132. The van der Waals surface area contributed by atoms with Gasteiger partial charge in [-0.25, -0.2) is 0 Å². The van der Waals surface area contributed by atoms with Gasteiger partial charge in [-0.1, -0.05) is 4.49 Å². The highest BCUT2D eigenvalue weighted by molar-refractivity contribution is 7.03. The van der Waals surface area contributed by atoms with Crippen molar-refractivity contribution >= 4 is 23.3 Å². The number of hydrogen-bond acceptors (Lipinski definition) is 7. The lowest BCUT2D eigenvalue weighted by Gasteiger charge is -2.37. The lowest BCUT2D eigenvalue weighted by Crippen LogP contribution is -2.51. The summed E-state index contributed by atoms with van der Waals surface area (Å²) in [6, 6.07) is 0.117. The number of amides is 2. The molecule has 23 heavy (non-hydrogen) atoms. The van der Waals surface area contributed by atoms with E-state index in [1.807, 2.05) is 14.1 Å². The SMILES string of the molecule is CN1C[C@]2(COCC1=O)CN(C(=O)c1csnn1)C[C@H]2N(C)C. The molecule has 0 aliphatic carbocycles. The molecule has 0 saturated carbocycles. The number of carbonyl (C=O) groups is 2. The van der Waals surface area contributed by atoms with Crippen LogP contribution < -0.4 is 0 Å². The van der Waals surface area contributed by atoms with Crippen molar-refractivity contribution in [3.05, 3.63) is 11.1 Å². The molecule has 0 bridgehead atoms. The Hall–Kier alpha value is -1.58. The Balaban J connectivity index is 1.86. The second-order valence-electron chi connectivity index (χ2n) is 6.56. The Morgan fingerprint density at radius 1 is 1.48 bits per heavy atom. The third-order valence-corrected chi connectivity index (χ3v) is 5.19. The van der Waals surface area contributed by atoms with Gasteiger partial charge in [0, 0.05) is 43.5 Å². The first-order valence-electron chi connectivity index (χ1n) is 7.47. The largest absolute Gasteiger partial charge is 0.371 e. The van der Waals surface area contributed by atoms with E-state index in [-0.39, 0.29) is 29.9 Å². The molecule has 2 atom stereocenters. The fourth-order valence-corrected chi connectivity index (χ4v) is 4.02. The zero-order valence-corrected chi connectivity index (χ0v) is 14.4. The number of carbonyl (C=O) groups excluding carboxylic acids is 2. The minimum atomic E-state index is -0.288. The van der Waals surface area contributed by atoms with Crippen LogP contribution in [0.3, 0.4) is 0 Å². The standard InChI is InChI=1S/C14H21N5O3S/c1-17(2)11-4-19(13(21)10-6-23-16-15-10)8-14(11)7-18(3)12(20)5-22-9-14/h6,11H,4-5,7-9H2,1-3H3/t11-,14-/m1/s1. The van der Waals surface area contributed by atoms with Gasteiger partial charge in [-0.05, 0) is 25.6 Å². The predicted molar refractivity (Wildman–Crippen MR) is 84.2 cm³/mol. The summed E-state index contributed by atoms with van der Waals surface area (Å²) in [5.41, 5.74) is 0.0901. The first-order valence-corrected chi connectivity index (χ1v) is 8.31. The average Bonchev–Trinajstić information content (AvgIpc) is 3.11. The van der Waals surface area contributed by atoms with Gasteiger partial charge in [-0.15, -0.1) is 5.10 Å². The Morgan fingerprint density at radius 2 is 2.26 bits per heavy atom. The fraction of sp³-hybridized carbons (Fsp3) is 0.714. The van der Waals surface area contributed by atoms with Gasteiger partial charge in [-0.3, -0.25) is 9.59 Å². The number of rotatable bonds is 2. The van der Waals surface area contributed by atoms with E-state index in [2.05, 4.69) is 14.5 Å². The van der Waals surface area contributed by atoms with Gasteiger partial charge in [0.05, 0.1) is 6.61 Å². The van der Waals surface area contributed by atoms with Crippen LogP contribution in [0, 0.1) is 5.41 Å². The zero-order chi connectivity index (χ0) is 16.6. The van der Waals surface area contributed by atoms with Gasteiger partial charge < -0.3 is 19.4 Å². The highest BCUT2D eigenvalue weighted by Crippen LogP contribution is 2.36. The van der Waals surface area contributed by atoms with Gasteiger partial charge in [0.1, 0.15) is 6.61 Å². The molecular formula is C14H21N5O3S. The summed E-state index contributed by atoms with van der Waals surface area (Å²) >= 11 is 1.17. The molecule has 0 N–H and O–H groups in total. The Bertz CT molecular complexity index is 593. The van der Waals surface area contributed by atoms with Crippen molar-refractivity contribution in [2.24, 2.45) is 5.41 Å². The van der Waals surface area contributed by atoms with Gasteiger partial charge in [0.15, 0.2) is 5.69 Å². The Morgan fingerprint density at radius 3 is 2.91 bits per heavy atom. The molecule has 2 saturated heterocycles. The van der Waals surface area contributed by atoms with Crippen molar-refractivity contribution < 1.29 is 14.3 Å². The Labute approximate surface area is 139 Å². The molecule has 2 fully saturated rings. The maximum atomic E-state index is 12.6. The van der Waals surface area contributed by atoms with Crippen LogP contribution in [0.15, 0.2) is 5.38 Å². The van der Waals surface area contributed by atoms with Crippen LogP contribution in [-0.4, -0.2) is 96.1 Å². The summed E-state index contributed by atoms with van der Waals surface area (Å²) in [7, 11) is 5.79. The maximum Gasteiger partial charge on any atom is 0.275 e. The van der Waals surface area contributed by atoms with E-state index in [0.717, 1.165) is 0 Å². The molecule has 2 amide bonds. The van der Waals surface area contributed by atoms with Crippen molar-refractivity contribution in [3.63, 3.8) is 0 Å². The molecule has 0 radical (unpaired) electrons. The maximum absolute atomic E-state index is 12.6. The van der Waals surface area contributed by atoms with E-state index in [1.54, 1.807) is 22.2 Å². The third-order valence-electron chi connectivity index (χ3n) is 4.69. The van der Waals surface area contributed by atoms with E-state index in [1.165, 1.54) is 11.5 Å². The predicted octanol–water partition coefficient (Wildman–Crippen LogP) is -0.601. The average molecular weight is 339 g/mol. The molecular weight excluding hydrogens is 318 g/mol. The topological polar surface area (TPSA) is 78.9 Å². The molecule has 2 aliphatic rings. The molecule has 8 nitrogen and oxygen atoms in total. The number of aromatic nitrogens is 2. The lowest BCUT2D eigenvalue weighted by atomic mass is 9.82. The summed E-state index contributed by atoms with van der Waals surface area (Å²) in [6.45, 7) is 2.28. The first-order chi connectivity index (χ1) is 10.9. The van der Waals surface area contributed by atoms with Gasteiger partial charge in [-0.2, -0.15) is 0 Å². The number of likely N-dealkylation sites (tertiary alicyclic amines) is 1. The minimum Gasteiger partial charge on any atom is -0.371 e. The molecule has 9 heteroatoms. The quantitative estimate of drug-likeness (QED) is 0.716. The molecule has 3 rings (SSSR count). The number of ether oxygens (including phenoxy) is 1. The van der Waals surface area contributed by atoms with Gasteiger partial charge in [0.25, 0.3) is 5.91 Å². The van der Waals surface area contributed by atoms with Crippen LogP contribution in [0.2, 0.25) is 0 Å². The van der Waals surface area contributed by atoms with Crippen molar-refractivity contribution in [3.8, 4) is 0 Å². The number of nitrogens with zero attached hydrogens (tertiary/aromatic N) is 5. The fourth-order valence-electron chi connectivity index (χ4n) is 3.59. The minimum absolute atomic E-state index is 0.0205. The summed E-state index contributed by atoms with van der Waals surface area (Å²) in [4.78, 5) is 30.2. The zero-order valence-electron chi connectivity index (χ0n) is 13.6. The van der Waals surface area contributed by atoms with Gasteiger partial charge in [0.2, 0.25) is 5.91 Å². The monoisotopic (exact) mass is 339 g/mol. The second-order valence-corrected chi connectivity index (χ2v) is 7.17. The highest BCUT2D eigenvalue weighted by Gasteiger charge is 2.51. The van der Waals surface area contributed by atoms with Crippen LogP contribution in [0.1, 0.15) is 10.5 Å². The van der Waals surface area contributed by atoms with Crippen LogP contribution in [0.4, 0.5) is 0 Å². The van der Waals surface area contributed by atoms with E-state index < -0.39 is 0 Å².